The van der Waals surface area contributed by atoms with Crippen molar-refractivity contribution in [1.82, 2.24) is 4.90 Å². The molecule has 6 nitrogen and oxygen atoms in total. The second-order valence-electron chi connectivity index (χ2n) is 9.25. The van der Waals surface area contributed by atoms with E-state index < -0.39 is 21.9 Å². The molecular formula is C31H30ClNO5S. The van der Waals surface area contributed by atoms with Crippen LogP contribution in [0.25, 0.3) is 0 Å². The fraction of sp³-hybridized carbons (Fsp3) is 0.194. The van der Waals surface area contributed by atoms with Gasteiger partial charge in [-0.2, -0.15) is 0 Å². The standard InChI is InChI=1S/C31H30ClNO5S/c1-23(34)38-28-12-16-30(17-13-28)39(36,37)29-14-10-24(11-15-29)18-19-33(21-25-6-3-2-4-7-25)22-31(35)26-8-5-9-27(32)20-26/h2-17,20,31,35H,18-19,21-22H2,1H3/t31-/m1/s1. The Morgan fingerprint density at radius 1 is 0.872 bits per heavy atom. The molecule has 202 valence electrons. The SMILES string of the molecule is CC(=O)Oc1ccc(S(=O)(=O)c2ccc(CCN(Cc3ccccc3)C[C@@H](O)c3cccc(Cl)c3)cc2)cc1. The molecule has 0 aromatic heterocycles. The molecule has 1 atom stereocenters. The van der Waals surface area contributed by atoms with Crippen molar-refractivity contribution < 1.29 is 23.1 Å². The van der Waals surface area contributed by atoms with Gasteiger partial charge in [0.2, 0.25) is 9.84 Å². The van der Waals surface area contributed by atoms with Crippen molar-refractivity contribution in [1.29, 1.82) is 0 Å². The van der Waals surface area contributed by atoms with E-state index in [1.807, 2.05) is 42.5 Å². The minimum absolute atomic E-state index is 0.121. The normalized spacial score (nSPS) is 12.3. The summed E-state index contributed by atoms with van der Waals surface area (Å²) in [6.07, 6.45) is -0.0286. The monoisotopic (exact) mass is 563 g/mol. The predicted octanol–water partition coefficient (Wildman–Crippen LogP) is 5.88. The van der Waals surface area contributed by atoms with Crippen molar-refractivity contribution in [2.45, 2.75) is 35.8 Å². The summed E-state index contributed by atoms with van der Waals surface area (Å²) >= 11 is 6.12. The largest absolute Gasteiger partial charge is 0.427 e. The number of carbonyl (C=O) groups excluding carboxylic acids is 1. The van der Waals surface area contributed by atoms with E-state index in [0.29, 0.717) is 31.1 Å². The highest BCUT2D eigenvalue weighted by molar-refractivity contribution is 7.91. The van der Waals surface area contributed by atoms with Gasteiger partial charge in [-0.05, 0) is 71.6 Å². The lowest BCUT2D eigenvalue weighted by Crippen LogP contribution is -2.30. The molecule has 0 aliphatic heterocycles. The highest BCUT2D eigenvalue weighted by Gasteiger charge is 2.19. The van der Waals surface area contributed by atoms with Gasteiger partial charge in [-0.15, -0.1) is 0 Å². The Morgan fingerprint density at radius 2 is 1.51 bits per heavy atom. The van der Waals surface area contributed by atoms with E-state index in [-0.39, 0.29) is 15.5 Å². The Morgan fingerprint density at radius 3 is 2.13 bits per heavy atom. The Kier molecular flexibility index (Phi) is 9.54. The molecule has 0 fully saturated rings. The summed E-state index contributed by atoms with van der Waals surface area (Å²) in [6, 6.07) is 29.9. The first-order valence-corrected chi connectivity index (χ1v) is 14.4. The van der Waals surface area contributed by atoms with E-state index in [1.165, 1.54) is 31.2 Å². The predicted molar refractivity (Wildman–Crippen MR) is 151 cm³/mol. The molecular weight excluding hydrogens is 534 g/mol. The van der Waals surface area contributed by atoms with Crippen molar-refractivity contribution in [2.24, 2.45) is 0 Å². The van der Waals surface area contributed by atoms with Crippen molar-refractivity contribution in [2.75, 3.05) is 13.1 Å². The average Bonchev–Trinajstić information content (AvgIpc) is 2.92. The fourth-order valence-electron chi connectivity index (χ4n) is 4.25. The number of hydrogen-bond acceptors (Lipinski definition) is 6. The smallest absolute Gasteiger partial charge is 0.308 e. The molecule has 0 saturated carbocycles. The lowest BCUT2D eigenvalue weighted by Gasteiger charge is -2.25. The van der Waals surface area contributed by atoms with Crippen molar-refractivity contribution in [3.8, 4) is 5.75 Å². The number of sulfone groups is 1. The third-order valence-corrected chi connectivity index (χ3v) is 8.28. The number of aliphatic hydroxyl groups is 1. The number of ether oxygens (including phenoxy) is 1. The molecule has 1 N–H and O–H groups in total. The van der Waals surface area contributed by atoms with Crippen LogP contribution in [0.4, 0.5) is 0 Å². The third-order valence-electron chi connectivity index (χ3n) is 6.26. The molecule has 0 bridgehead atoms. The highest BCUT2D eigenvalue weighted by Crippen LogP contribution is 2.24. The molecule has 0 radical (unpaired) electrons. The maximum atomic E-state index is 13.1. The molecule has 4 aromatic carbocycles. The molecule has 0 unspecified atom stereocenters. The Labute approximate surface area is 234 Å². The topological polar surface area (TPSA) is 83.9 Å². The molecule has 0 heterocycles. The van der Waals surface area contributed by atoms with Crippen LogP contribution in [0, 0.1) is 0 Å². The maximum absolute atomic E-state index is 13.1. The van der Waals surface area contributed by atoms with Crippen molar-refractivity contribution >= 4 is 27.4 Å². The van der Waals surface area contributed by atoms with Crippen LogP contribution in [0.2, 0.25) is 5.02 Å². The quantitative estimate of drug-likeness (QED) is 0.181. The van der Waals surface area contributed by atoms with Crippen LogP contribution in [0.15, 0.2) is 113 Å². The van der Waals surface area contributed by atoms with Crippen LogP contribution < -0.4 is 4.74 Å². The lowest BCUT2D eigenvalue weighted by molar-refractivity contribution is -0.131. The van der Waals surface area contributed by atoms with E-state index in [2.05, 4.69) is 17.0 Å². The third kappa shape index (κ3) is 8.00. The van der Waals surface area contributed by atoms with E-state index in [1.54, 1.807) is 24.3 Å². The molecule has 0 amide bonds. The number of rotatable bonds is 11. The summed E-state index contributed by atoms with van der Waals surface area (Å²) in [4.78, 5) is 13.6. The summed E-state index contributed by atoms with van der Waals surface area (Å²) in [5, 5.41) is 11.5. The number of carbonyl (C=O) groups is 1. The summed E-state index contributed by atoms with van der Waals surface area (Å²) in [5.41, 5.74) is 2.88. The van der Waals surface area contributed by atoms with E-state index in [0.717, 1.165) is 16.7 Å². The van der Waals surface area contributed by atoms with E-state index in [4.69, 9.17) is 16.3 Å². The number of esters is 1. The number of hydrogen-bond donors (Lipinski definition) is 1. The van der Waals surface area contributed by atoms with Gasteiger partial charge in [-0.3, -0.25) is 9.69 Å². The van der Waals surface area contributed by atoms with Crippen LogP contribution in [-0.4, -0.2) is 37.5 Å². The Bertz CT molecular complexity index is 1490. The van der Waals surface area contributed by atoms with E-state index in [9.17, 15) is 18.3 Å². The van der Waals surface area contributed by atoms with Gasteiger partial charge in [0.25, 0.3) is 0 Å². The van der Waals surface area contributed by atoms with E-state index >= 15 is 0 Å². The molecule has 0 aliphatic rings. The van der Waals surface area contributed by atoms with Gasteiger partial charge in [0.15, 0.2) is 0 Å². The first-order valence-electron chi connectivity index (χ1n) is 12.5. The molecule has 39 heavy (non-hydrogen) atoms. The van der Waals surface area contributed by atoms with Crippen LogP contribution in [0.3, 0.4) is 0 Å². The first-order chi connectivity index (χ1) is 18.7. The average molecular weight is 564 g/mol. The molecule has 8 heteroatoms. The van der Waals surface area contributed by atoms with Crippen molar-refractivity contribution in [3.05, 3.63) is 125 Å². The van der Waals surface area contributed by atoms with Crippen LogP contribution in [0.1, 0.15) is 29.7 Å². The minimum atomic E-state index is -3.72. The number of aliphatic hydroxyl groups excluding tert-OH is 1. The summed E-state index contributed by atoms with van der Waals surface area (Å²) in [6.45, 7) is 3.03. The van der Waals surface area contributed by atoms with Crippen LogP contribution in [-0.2, 0) is 27.6 Å². The van der Waals surface area contributed by atoms with Crippen LogP contribution in [0.5, 0.6) is 5.75 Å². The summed E-state index contributed by atoms with van der Waals surface area (Å²) in [5.74, 6) is -0.181. The molecule has 4 rings (SSSR count). The zero-order valence-corrected chi connectivity index (χ0v) is 23.1. The highest BCUT2D eigenvalue weighted by atomic mass is 35.5. The van der Waals surface area contributed by atoms with Gasteiger partial charge in [-0.25, -0.2) is 8.42 Å². The zero-order valence-electron chi connectivity index (χ0n) is 21.5. The molecule has 0 spiro atoms. The van der Waals surface area contributed by atoms with Gasteiger partial charge in [-0.1, -0.05) is 66.2 Å². The molecule has 0 saturated heterocycles. The number of nitrogens with zero attached hydrogens (tertiary/aromatic N) is 1. The second kappa shape index (κ2) is 13.0. The van der Waals surface area contributed by atoms with Gasteiger partial charge in [0.1, 0.15) is 5.75 Å². The second-order valence-corrected chi connectivity index (χ2v) is 11.6. The minimum Gasteiger partial charge on any atom is -0.427 e. The summed E-state index contributed by atoms with van der Waals surface area (Å²) in [7, 11) is -3.72. The van der Waals surface area contributed by atoms with Gasteiger partial charge in [0.05, 0.1) is 15.9 Å². The van der Waals surface area contributed by atoms with Gasteiger partial charge in [0, 0.05) is 31.6 Å². The van der Waals surface area contributed by atoms with Gasteiger partial charge >= 0.3 is 5.97 Å². The lowest BCUT2D eigenvalue weighted by atomic mass is 10.1. The molecule has 0 aliphatic carbocycles. The maximum Gasteiger partial charge on any atom is 0.308 e. The Balaban J connectivity index is 1.44. The fourth-order valence-corrected chi connectivity index (χ4v) is 5.71. The van der Waals surface area contributed by atoms with Crippen LogP contribution >= 0.6 is 11.6 Å². The molecule has 4 aromatic rings. The number of halogens is 1. The number of benzene rings is 4. The zero-order chi connectivity index (χ0) is 27.8. The Hall–Kier alpha value is -3.49. The van der Waals surface area contributed by atoms with Crippen molar-refractivity contribution in [3.63, 3.8) is 0 Å². The van der Waals surface area contributed by atoms with Gasteiger partial charge < -0.3 is 9.84 Å². The first kappa shape index (κ1) is 28.5. The summed E-state index contributed by atoms with van der Waals surface area (Å²) < 4.78 is 31.1.